The zero-order valence-electron chi connectivity index (χ0n) is 22.5. The predicted molar refractivity (Wildman–Crippen MR) is 146 cm³/mol. The quantitative estimate of drug-likeness (QED) is 0.194. The van der Waals surface area contributed by atoms with Crippen molar-refractivity contribution < 1.29 is 26.3 Å². The topological polar surface area (TPSA) is 58.9 Å². The average molecular weight is 587 g/mol. The number of benzene rings is 2. The monoisotopic (exact) mass is 586 g/mol. The number of rotatable bonds is 5. The molecule has 220 valence electrons. The van der Waals surface area contributed by atoms with E-state index in [0.717, 1.165) is 50.4 Å². The van der Waals surface area contributed by atoms with Crippen molar-refractivity contribution in [1.29, 1.82) is 0 Å². The third kappa shape index (κ3) is 5.99. The number of aromatic nitrogens is 4. The second-order valence-corrected chi connectivity index (χ2v) is 10.7. The first-order valence-electron chi connectivity index (χ1n) is 13.9. The summed E-state index contributed by atoms with van der Waals surface area (Å²) >= 11 is 0. The molecule has 1 aliphatic carbocycles. The largest absolute Gasteiger partial charge is 0.453 e. The van der Waals surface area contributed by atoms with E-state index in [0.29, 0.717) is 28.0 Å². The number of nitrogens with zero attached hydrogens (tertiary/aromatic N) is 5. The Bertz CT molecular complexity index is 1560. The molecule has 0 spiro atoms. The molecule has 3 heterocycles. The molecule has 2 aliphatic rings. The third-order valence-electron chi connectivity index (χ3n) is 7.90. The van der Waals surface area contributed by atoms with Crippen LogP contribution in [0.1, 0.15) is 48.2 Å². The lowest BCUT2D eigenvalue weighted by Gasteiger charge is -2.25. The minimum absolute atomic E-state index is 0.0620. The van der Waals surface area contributed by atoms with Crippen LogP contribution in [0.5, 0.6) is 0 Å². The fraction of sp³-hybridized carbons (Fsp3) is 0.367. The van der Waals surface area contributed by atoms with E-state index in [1.54, 1.807) is 36.4 Å². The van der Waals surface area contributed by atoms with Crippen LogP contribution >= 0.6 is 0 Å². The Labute approximate surface area is 238 Å². The van der Waals surface area contributed by atoms with Gasteiger partial charge in [0.15, 0.2) is 5.82 Å². The van der Waals surface area contributed by atoms with Crippen LogP contribution in [0.3, 0.4) is 0 Å². The van der Waals surface area contributed by atoms with E-state index in [1.807, 2.05) is 12.1 Å². The molecule has 1 atom stereocenters. The van der Waals surface area contributed by atoms with Crippen molar-refractivity contribution in [3.63, 3.8) is 0 Å². The van der Waals surface area contributed by atoms with Crippen molar-refractivity contribution in [2.75, 3.05) is 18.4 Å². The van der Waals surface area contributed by atoms with Crippen LogP contribution < -0.4 is 5.32 Å². The SMILES string of the molecule is FC(F)(F)c1cc(-c2ccccc2)nc(-n2nc(C(F)(F)F)nc2Nc2ccc3c(c2)CCC(N2CCCC2)CC3)c1. The van der Waals surface area contributed by atoms with Gasteiger partial charge in [0, 0.05) is 17.3 Å². The molecule has 4 aromatic rings. The molecule has 0 bridgehead atoms. The summed E-state index contributed by atoms with van der Waals surface area (Å²) < 4.78 is 83.4. The standard InChI is InChI=1S/C30H28F6N6/c31-29(32,33)22-17-25(20-6-2-1-3-7-20)38-26(18-22)42-28(39-27(40-42)30(34,35)36)37-23-11-8-19-9-12-24(13-10-21(19)16-23)41-14-4-5-15-41/h1-3,6-8,11,16-18,24H,4-5,9-10,12-15H2,(H,37,39,40). The van der Waals surface area contributed by atoms with Crippen molar-refractivity contribution in [2.45, 2.75) is 56.9 Å². The molecular formula is C30H28F6N6. The van der Waals surface area contributed by atoms with Gasteiger partial charge in [-0.05, 0) is 87.0 Å². The van der Waals surface area contributed by atoms with Crippen molar-refractivity contribution in [3.8, 4) is 17.1 Å². The lowest BCUT2D eigenvalue weighted by Crippen LogP contribution is -2.32. The van der Waals surface area contributed by atoms with E-state index in [-0.39, 0.29) is 5.69 Å². The number of anilines is 2. The Morgan fingerprint density at radius 3 is 2.17 bits per heavy atom. The fourth-order valence-electron chi connectivity index (χ4n) is 5.79. The molecule has 0 saturated carbocycles. The van der Waals surface area contributed by atoms with Crippen LogP contribution in [-0.4, -0.2) is 43.8 Å². The minimum atomic E-state index is -4.93. The van der Waals surface area contributed by atoms with Gasteiger partial charge in [-0.2, -0.15) is 36.0 Å². The molecular weight excluding hydrogens is 558 g/mol. The van der Waals surface area contributed by atoms with Crippen molar-refractivity contribution in [3.05, 3.63) is 83.2 Å². The highest BCUT2D eigenvalue weighted by Crippen LogP contribution is 2.35. The number of halogens is 6. The summed E-state index contributed by atoms with van der Waals surface area (Å²) in [5.41, 5.74) is 1.98. The van der Waals surface area contributed by atoms with Crippen LogP contribution in [0, 0.1) is 0 Å². The molecule has 1 fully saturated rings. The zero-order chi connectivity index (χ0) is 29.5. The molecule has 12 heteroatoms. The summed E-state index contributed by atoms with van der Waals surface area (Å²) in [6.07, 6.45) is -3.51. The molecule has 6 rings (SSSR count). The maximum Gasteiger partial charge on any atom is 0.453 e. The summed E-state index contributed by atoms with van der Waals surface area (Å²) in [5.74, 6) is -2.33. The summed E-state index contributed by atoms with van der Waals surface area (Å²) in [7, 11) is 0. The number of alkyl halides is 6. The smallest absolute Gasteiger partial charge is 0.324 e. The van der Waals surface area contributed by atoms with E-state index in [9.17, 15) is 26.3 Å². The highest BCUT2D eigenvalue weighted by atomic mass is 19.4. The Morgan fingerprint density at radius 2 is 1.48 bits per heavy atom. The van der Waals surface area contributed by atoms with Crippen LogP contribution in [-0.2, 0) is 25.2 Å². The summed E-state index contributed by atoms with van der Waals surface area (Å²) in [4.78, 5) is 10.4. The maximum atomic E-state index is 13.9. The number of hydrogen-bond donors (Lipinski definition) is 1. The van der Waals surface area contributed by atoms with Crippen LogP contribution in [0.2, 0.25) is 0 Å². The molecule has 6 nitrogen and oxygen atoms in total. The van der Waals surface area contributed by atoms with Crippen molar-refractivity contribution in [2.24, 2.45) is 0 Å². The van der Waals surface area contributed by atoms with E-state index < -0.39 is 35.5 Å². The second kappa shape index (κ2) is 11.0. The first-order valence-corrected chi connectivity index (χ1v) is 13.9. The van der Waals surface area contributed by atoms with Crippen molar-refractivity contribution in [1.82, 2.24) is 24.6 Å². The normalized spacial score (nSPS) is 18.1. The Morgan fingerprint density at radius 1 is 0.762 bits per heavy atom. The Balaban J connectivity index is 1.36. The lowest BCUT2D eigenvalue weighted by atomic mass is 10.0. The molecule has 0 radical (unpaired) electrons. The Hall–Kier alpha value is -3.93. The van der Waals surface area contributed by atoms with E-state index in [1.165, 1.54) is 18.4 Å². The molecule has 1 saturated heterocycles. The van der Waals surface area contributed by atoms with Gasteiger partial charge in [-0.1, -0.05) is 36.4 Å². The molecule has 2 aromatic carbocycles. The number of likely N-dealkylation sites (tertiary alicyclic amines) is 1. The lowest BCUT2D eigenvalue weighted by molar-refractivity contribution is -0.145. The predicted octanol–water partition coefficient (Wildman–Crippen LogP) is 7.45. The van der Waals surface area contributed by atoms with E-state index in [2.05, 4.69) is 25.3 Å². The van der Waals surface area contributed by atoms with E-state index in [4.69, 9.17) is 0 Å². The maximum absolute atomic E-state index is 13.9. The van der Waals surface area contributed by atoms with E-state index >= 15 is 0 Å². The highest BCUT2D eigenvalue weighted by Gasteiger charge is 2.38. The minimum Gasteiger partial charge on any atom is -0.324 e. The van der Waals surface area contributed by atoms with Crippen molar-refractivity contribution >= 4 is 11.6 Å². The van der Waals surface area contributed by atoms with Crippen LogP contribution in [0.25, 0.3) is 17.1 Å². The molecule has 0 amide bonds. The summed E-state index contributed by atoms with van der Waals surface area (Å²) in [6, 6.07) is 15.7. The van der Waals surface area contributed by atoms with Gasteiger partial charge in [-0.25, -0.2) is 4.98 Å². The number of nitrogens with one attached hydrogen (secondary N) is 1. The zero-order valence-corrected chi connectivity index (χ0v) is 22.5. The van der Waals surface area contributed by atoms with Gasteiger partial charge in [-0.3, -0.25) is 0 Å². The van der Waals surface area contributed by atoms with Gasteiger partial charge in [-0.15, -0.1) is 5.10 Å². The number of hydrogen-bond acceptors (Lipinski definition) is 5. The Kier molecular flexibility index (Phi) is 7.42. The molecule has 1 aliphatic heterocycles. The second-order valence-electron chi connectivity index (χ2n) is 10.7. The number of aryl methyl sites for hydroxylation is 2. The van der Waals surface area contributed by atoms with Gasteiger partial charge < -0.3 is 10.2 Å². The molecule has 1 N–H and O–H groups in total. The highest BCUT2D eigenvalue weighted by molar-refractivity contribution is 5.63. The van der Waals surface area contributed by atoms with Gasteiger partial charge in [0.05, 0.1) is 11.3 Å². The molecule has 2 aromatic heterocycles. The average Bonchev–Trinajstić information content (AvgIpc) is 3.60. The van der Waals surface area contributed by atoms with Crippen LogP contribution in [0.4, 0.5) is 38.0 Å². The fourth-order valence-corrected chi connectivity index (χ4v) is 5.79. The first kappa shape index (κ1) is 28.2. The molecule has 42 heavy (non-hydrogen) atoms. The third-order valence-corrected chi connectivity index (χ3v) is 7.90. The van der Waals surface area contributed by atoms with Crippen LogP contribution in [0.15, 0.2) is 60.7 Å². The van der Waals surface area contributed by atoms with Gasteiger partial charge in [0.1, 0.15) is 0 Å². The van der Waals surface area contributed by atoms with Gasteiger partial charge in [0.25, 0.3) is 5.82 Å². The number of pyridine rings is 1. The van der Waals surface area contributed by atoms with Gasteiger partial charge in [0.2, 0.25) is 5.95 Å². The first-order chi connectivity index (χ1) is 20.0. The molecule has 1 unspecified atom stereocenters. The summed E-state index contributed by atoms with van der Waals surface area (Å²) in [5, 5.41) is 6.42. The number of fused-ring (bicyclic) bond motifs is 1. The summed E-state index contributed by atoms with van der Waals surface area (Å²) in [6.45, 7) is 2.22. The van der Waals surface area contributed by atoms with Gasteiger partial charge >= 0.3 is 12.4 Å².